The van der Waals surface area contributed by atoms with E-state index in [1.54, 1.807) is 11.3 Å². The minimum atomic E-state index is -2.95. The normalized spacial score (nSPS) is 14.1. The third-order valence-corrected chi connectivity index (χ3v) is 3.71. The molecule has 0 aliphatic heterocycles. The van der Waals surface area contributed by atoms with E-state index in [1.807, 2.05) is 17.5 Å². The maximum absolute atomic E-state index is 10.8. The number of aliphatic hydroxyl groups is 1. The quantitative estimate of drug-likeness (QED) is 0.829. The summed E-state index contributed by atoms with van der Waals surface area (Å²) < 4.78 is 21.7. The molecule has 0 aliphatic carbocycles. The molecule has 5 heteroatoms. The highest BCUT2D eigenvalue weighted by atomic mass is 32.2. The predicted octanol–water partition coefficient (Wildman–Crippen LogP) is 1.09. The fourth-order valence-electron chi connectivity index (χ4n) is 1.11. The molecule has 3 nitrogen and oxygen atoms in total. The van der Waals surface area contributed by atoms with Gasteiger partial charge in [0.1, 0.15) is 9.84 Å². The number of sulfone groups is 1. The first-order valence-corrected chi connectivity index (χ1v) is 7.29. The van der Waals surface area contributed by atoms with Crippen LogP contribution in [-0.4, -0.2) is 31.6 Å². The highest BCUT2D eigenvalue weighted by Gasteiger charge is 2.10. The van der Waals surface area contributed by atoms with Crippen molar-refractivity contribution in [3.8, 4) is 0 Å². The topological polar surface area (TPSA) is 54.4 Å². The molecule has 1 aromatic rings. The van der Waals surface area contributed by atoms with Crippen molar-refractivity contribution in [2.24, 2.45) is 0 Å². The van der Waals surface area contributed by atoms with Crippen molar-refractivity contribution >= 4 is 21.2 Å². The Morgan fingerprint density at radius 2 is 2.29 bits per heavy atom. The van der Waals surface area contributed by atoms with Crippen LogP contribution in [-0.2, 0) is 16.3 Å². The van der Waals surface area contributed by atoms with E-state index in [-0.39, 0.29) is 5.75 Å². The summed E-state index contributed by atoms with van der Waals surface area (Å²) in [6, 6.07) is 3.86. The molecule has 1 atom stereocenters. The highest BCUT2D eigenvalue weighted by Crippen LogP contribution is 2.12. The highest BCUT2D eigenvalue weighted by molar-refractivity contribution is 7.90. The van der Waals surface area contributed by atoms with E-state index in [0.717, 1.165) is 4.88 Å². The van der Waals surface area contributed by atoms with Crippen molar-refractivity contribution in [1.29, 1.82) is 0 Å². The summed E-state index contributed by atoms with van der Waals surface area (Å²) in [5.41, 5.74) is 0. The number of hydrogen-bond donors (Lipinski definition) is 1. The molecule has 0 bridgehead atoms. The molecule has 14 heavy (non-hydrogen) atoms. The fraction of sp³-hybridized carbons (Fsp3) is 0.556. The maximum Gasteiger partial charge on any atom is 0.147 e. The number of thiophene rings is 1. The van der Waals surface area contributed by atoms with Gasteiger partial charge in [0.25, 0.3) is 0 Å². The average Bonchev–Trinajstić information content (AvgIpc) is 2.52. The summed E-state index contributed by atoms with van der Waals surface area (Å²) in [5.74, 6) is 0.0551. The van der Waals surface area contributed by atoms with Crippen molar-refractivity contribution in [2.75, 3.05) is 12.0 Å². The molecule has 0 saturated carbocycles. The van der Waals surface area contributed by atoms with Crippen molar-refractivity contribution in [3.63, 3.8) is 0 Å². The van der Waals surface area contributed by atoms with Gasteiger partial charge in [-0.25, -0.2) is 8.42 Å². The Labute approximate surface area is 88.3 Å². The molecule has 1 heterocycles. The Morgan fingerprint density at radius 3 is 2.79 bits per heavy atom. The van der Waals surface area contributed by atoms with E-state index in [1.165, 1.54) is 6.26 Å². The van der Waals surface area contributed by atoms with E-state index in [4.69, 9.17) is 0 Å². The lowest BCUT2D eigenvalue weighted by atomic mass is 10.2. The second-order valence-corrected chi connectivity index (χ2v) is 6.65. The Morgan fingerprint density at radius 1 is 1.57 bits per heavy atom. The van der Waals surface area contributed by atoms with Crippen molar-refractivity contribution in [2.45, 2.75) is 18.9 Å². The molecule has 0 radical (unpaired) electrons. The molecular weight excluding hydrogens is 220 g/mol. The van der Waals surface area contributed by atoms with E-state index in [2.05, 4.69) is 0 Å². The second-order valence-electron chi connectivity index (χ2n) is 3.36. The molecule has 0 aromatic carbocycles. The molecule has 0 fully saturated rings. The van der Waals surface area contributed by atoms with Crippen LogP contribution in [0.4, 0.5) is 0 Å². The molecular formula is C9H14O3S2. The van der Waals surface area contributed by atoms with Crippen LogP contribution in [0.15, 0.2) is 17.5 Å². The Bertz CT molecular complexity index is 353. The number of hydrogen-bond acceptors (Lipinski definition) is 4. The monoisotopic (exact) mass is 234 g/mol. The molecule has 1 N–H and O–H groups in total. The van der Waals surface area contributed by atoms with Crippen molar-refractivity contribution < 1.29 is 13.5 Å². The SMILES string of the molecule is CS(=O)(=O)CCC(O)Cc1cccs1. The van der Waals surface area contributed by atoms with Gasteiger partial charge < -0.3 is 5.11 Å². The molecule has 0 saturated heterocycles. The first kappa shape index (κ1) is 11.7. The standard InChI is InChI=1S/C9H14O3S2/c1-14(11,12)6-4-8(10)7-9-3-2-5-13-9/h2-3,5,8,10H,4,6-7H2,1H3. The third-order valence-electron chi connectivity index (χ3n) is 1.84. The Hall–Kier alpha value is -0.390. The van der Waals surface area contributed by atoms with E-state index >= 15 is 0 Å². The lowest BCUT2D eigenvalue weighted by Crippen LogP contribution is -2.15. The Kier molecular flexibility index (Phi) is 4.10. The van der Waals surface area contributed by atoms with Gasteiger partial charge in [-0.15, -0.1) is 11.3 Å². The molecule has 0 amide bonds. The van der Waals surface area contributed by atoms with Crippen LogP contribution in [0.25, 0.3) is 0 Å². The molecule has 1 unspecified atom stereocenters. The van der Waals surface area contributed by atoms with Crippen molar-refractivity contribution in [1.82, 2.24) is 0 Å². The van der Waals surface area contributed by atoms with Gasteiger partial charge in [0.15, 0.2) is 0 Å². The molecule has 1 rings (SSSR count). The van der Waals surface area contributed by atoms with Gasteiger partial charge in [0, 0.05) is 17.6 Å². The minimum absolute atomic E-state index is 0.0551. The summed E-state index contributed by atoms with van der Waals surface area (Å²) in [4.78, 5) is 1.09. The summed E-state index contributed by atoms with van der Waals surface area (Å²) >= 11 is 1.58. The third kappa shape index (κ3) is 4.74. The second kappa shape index (κ2) is 4.91. The first-order valence-electron chi connectivity index (χ1n) is 4.35. The summed E-state index contributed by atoms with van der Waals surface area (Å²) in [6.07, 6.45) is 1.50. The molecule has 1 aromatic heterocycles. The van der Waals surface area contributed by atoms with Gasteiger partial charge in [-0.05, 0) is 17.9 Å². The Balaban J connectivity index is 2.33. The average molecular weight is 234 g/mol. The van der Waals surface area contributed by atoms with Crippen LogP contribution >= 0.6 is 11.3 Å². The lowest BCUT2D eigenvalue weighted by molar-refractivity contribution is 0.172. The van der Waals surface area contributed by atoms with E-state index in [0.29, 0.717) is 12.8 Å². The van der Waals surface area contributed by atoms with Gasteiger partial charge in [-0.2, -0.15) is 0 Å². The smallest absolute Gasteiger partial charge is 0.147 e. The van der Waals surface area contributed by atoms with Gasteiger partial charge in [0.05, 0.1) is 11.9 Å². The molecule has 0 aliphatic rings. The van der Waals surface area contributed by atoms with Gasteiger partial charge >= 0.3 is 0 Å². The van der Waals surface area contributed by atoms with Crippen LogP contribution in [0.5, 0.6) is 0 Å². The zero-order chi connectivity index (χ0) is 10.6. The predicted molar refractivity (Wildman–Crippen MR) is 58.4 cm³/mol. The fourth-order valence-corrected chi connectivity index (χ4v) is 2.59. The van der Waals surface area contributed by atoms with Crippen molar-refractivity contribution in [3.05, 3.63) is 22.4 Å². The first-order chi connectivity index (χ1) is 6.47. The minimum Gasteiger partial charge on any atom is -0.393 e. The zero-order valence-corrected chi connectivity index (χ0v) is 9.64. The van der Waals surface area contributed by atoms with E-state index < -0.39 is 15.9 Å². The molecule has 80 valence electrons. The van der Waals surface area contributed by atoms with Crippen LogP contribution in [0.3, 0.4) is 0 Å². The van der Waals surface area contributed by atoms with Gasteiger partial charge in [-0.1, -0.05) is 6.07 Å². The zero-order valence-electron chi connectivity index (χ0n) is 8.01. The summed E-state index contributed by atoms with van der Waals surface area (Å²) in [7, 11) is -2.95. The number of aliphatic hydroxyl groups excluding tert-OH is 1. The van der Waals surface area contributed by atoms with Gasteiger partial charge in [0.2, 0.25) is 0 Å². The maximum atomic E-state index is 10.8. The van der Waals surface area contributed by atoms with E-state index in [9.17, 15) is 13.5 Å². The summed E-state index contributed by atoms with van der Waals surface area (Å²) in [6.45, 7) is 0. The van der Waals surface area contributed by atoms with Gasteiger partial charge in [-0.3, -0.25) is 0 Å². The molecule has 0 spiro atoms. The lowest BCUT2D eigenvalue weighted by Gasteiger charge is -2.07. The van der Waals surface area contributed by atoms with Crippen LogP contribution in [0, 0.1) is 0 Å². The number of rotatable bonds is 5. The van der Waals surface area contributed by atoms with Crippen LogP contribution in [0.1, 0.15) is 11.3 Å². The van der Waals surface area contributed by atoms with Crippen LogP contribution in [0.2, 0.25) is 0 Å². The summed E-state index contributed by atoms with van der Waals surface area (Å²) in [5, 5.41) is 11.5. The van der Waals surface area contributed by atoms with Crippen LogP contribution < -0.4 is 0 Å². The largest absolute Gasteiger partial charge is 0.393 e.